The first-order valence-electron chi connectivity index (χ1n) is 3.38. The topological polar surface area (TPSA) is 3.24 Å². The Bertz CT molecular complexity index is 126. The van der Waals surface area contributed by atoms with Crippen LogP contribution in [0.3, 0.4) is 0 Å². The summed E-state index contributed by atoms with van der Waals surface area (Å²) >= 11 is 0. The Labute approximate surface area is 57.0 Å². The lowest BCUT2D eigenvalue weighted by Gasteiger charge is -2.17. The highest BCUT2D eigenvalue weighted by Crippen LogP contribution is 2.33. The average Bonchev–Trinajstić information content (AvgIpc) is 2.50. The Balaban J connectivity index is 2.40. The van der Waals surface area contributed by atoms with Crippen molar-refractivity contribution in [1.82, 2.24) is 4.90 Å². The van der Waals surface area contributed by atoms with Gasteiger partial charge in [-0.3, -0.25) is 4.90 Å². The van der Waals surface area contributed by atoms with Gasteiger partial charge in [-0.15, -0.1) is 6.42 Å². The third-order valence-electron chi connectivity index (χ3n) is 1.80. The number of rotatable bonds is 2. The van der Waals surface area contributed by atoms with E-state index in [0.29, 0.717) is 6.04 Å². The van der Waals surface area contributed by atoms with Crippen molar-refractivity contribution in [3.63, 3.8) is 0 Å². The van der Waals surface area contributed by atoms with Crippen molar-refractivity contribution in [3.05, 3.63) is 0 Å². The van der Waals surface area contributed by atoms with Gasteiger partial charge in [-0.2, -0.15) is 0 Å². The molecule has 1 fully saturated rings. The standard InChI is InChI=1S/C8H13N/c1-4-8(9(2)3)7-5-6-7/h1,7-8H,5-6H2,2-3H3. The fraction of sp³-hybridized carbons (Fsp3) is 0.750. The van der Waals surface area contributed by atoms with E-state index < -0.39 is 0 Å². The predicted molar refractivity (Wildman–Crippen MR) is 39.0 cm³/mol. The fourth-order valence-corrected chi connectivity index (χ4v) is 1.12. The average molecular weight is 123 g/mol. The van der Waals surface area contributed by atoms with Crippen LogP contribution < -0.4 is 0 Å². The Morgan fingerprint density at radius 1 is 1.56 bits per heavy atom. The van der Waals surface area contributed by atoms with Crippen LogP contribution in [0.15, 0.2) is 0 Å². The number of terminal acetylenes is 1. The maximum Gasteiger partial charge on any atom is 0.0735 e. The van der Waals surface area contributed by atoms with Gasteiger partial charge in [0.1, 0.15) is 0 Å². The molecule has 1 nitrogen and oxygen atoms in total. The molecule has 1 heteroatoms. The molecule has 1 aliphatic carbocycles. The van der Waals surface area contributed by atoms with E-state index in [9.17, 15) is 0 Å². The molecule has 0 aromatic rings. The minimum Gasteiger partial charge on any atom is -0.296 e. The first-order valence-corrected chi connectivity index (χ1v) is 3.38. The van der Waals surface area contributed by atoms with Gasteiger partial charge in [-0.25, -0.2) is 0 Å². The van der Waals surface area contributed by atoms with Crippen molar-refractivity contribution in [1.29, 1.82) is 0 Å². The lowest BCUT2D eigenvalue weighted by Crippen LogP contribution is -2.27. The molecular formula is C8H13N. The monoisotopic (exact) mass is 123 g/mol. The summed E-state index contributed by atoms with van der Waals surface area (Å²) < 4.78 is 0. The normalized spacial score (nSPS) is 21.6. The van der Waals surface area contributed by atoms with Crippen molar-refractivity contribution in [2.75, 3.05) is 14.1 Å². The van der Waals surface area contributed by atoms with Crippen LogP contribution in [0.25, 0.3) is 0 Å². The van der Waals surface area contributed by atoms with Crippen LogP contribution in [0.5, 0.6) is 0 Å². The van der Waals surface area contributed by atoms with Crippen molar-refractivity contribution < 1.29 is 0 Å². The summed E-state index contributed by atoms with van der Waals surface area (Å²) in [6, 6.07) is 0.394. The van der Waals surface area contributed by atoms with Gasteiger partial charge < -0.3 is 0 Å². The molecule has 1 saturated carbocycles. The summed E-state index contributed by atoms with van der Waals surface area (Å²) in [4.78, 5) is 2.12. The quantitative estimate of drug-likeness (QED) is 0.494. The van der Waals surface area contributed by atoms with Crippen molar-refractivity contribution in [2.24, 2.45) is 5.92 Å². The maximum atomic E-state index is 5.32. The van der Waals surface area contributed by atoms with Crippen molar-refractivity contribution in [2.45, 2.75) is 18.9 Å². The van der Waals surface area contributed by atoms with Crippen LogP contribution >= 0.6 is 0 Å². The second kappa shape index (κ2) is 2.41. The summed E-state index contributed by atoms with van der Waals surface area (Å²) in [6.45, 7) is 0. The van der Waals surface area contributed by atoms with Gasteiger partial charge in [0.15, 0.2) is 0 Å². The lowest BCUT2D eigenvalue weighted by atomic mass is 10.2. The molecule has 0 amide bonds. The van der Waals surface area contributed by atoms with Crippen LogP contribution in [-0.4, -0.2) is 25.0 Å². The number of nitrogens with zero attached hydrogens (tertiary/aromatic N) is 1. The molecule has 1 rings (SSSR count). The van der Waals surface area contributed by atoms with E-state index in [1.807, 2.05) is 14.1 Å². The second-order valence-electron chi connectivity index (χ2n) is 2.91. The van der Waals surface area contributed by atoms with Crippen molar-refractivity contribution in [3.8, 4) is 12.3 Å². The number of hydrogen-bond donors (Lipinski definition) is 0. The van der Waals surface area contributed by atoms with Gasteiger partial charge in [-0.05, 0) is 32.9 Å². The second-order valence-corrected chi connectivity index (χ2v) is 2.91. The Kier molecular flexibility index (Phi) is 1.78. The van der Waals surface area contributed by atoms with Crippen LogP contribution in [0.1, 0.15) is 12.8 Å². The molecule has 0 aromatic heterocycles. The van der Waals surface area contributed by atoms with E-state index in [1.54, 1.807) is 0 Å². The minimum absolute atomic E-state index is 0.394. The molecule has 1 unspecified atom stereocenters. The van der Waals surface area contributed by atoms with E-state index in [2.05, 4.69) is 10.8 Å². The van der Waals surface area contributed by atoms with E-state index in [-0.39, 0.29) is 0 Å². The summed E-state index contributed by atoms with van der Waals surface area (Å²) in [5.41, 5.74) is 0. The largest absolute Gasteiger partial charge is 0.296 e. The zero-order chi connectivity index (χ0) is 6.85. The SMILES string of the molecule is C#CC(C1CC1)N(C)C. The van der Waals surface area contributed by atoms with Gasteiger partial charge in [0.2, 0.25) is 0 Å². The molecule has 50 valence electrons. The first kappa shape index (κ1) is 6.64. The molecular weight excluding hydrogens is 110 g/mol. The highest BCUT2D eigenvalue weighted by Gasteiger charge is 2.30. The summed E-state index contributed by atoms with van der Waals surface area (Å²) in [7, 11) is 4.09. The van der Waals surface area contributed by atoms with Crippen LogP contribution in [0.2, 0.25) is 0 Å². The van der Waals surface area contributed by atoms with E-state index in [4.69, 9.17) is 6.42 Å². The zero-order valence-corrected chi connectivity index (χ0v) is 6.09. The third-order valence-corrected chi connectivity index (χ3v) is 1.80. The van der Waals surface area contributed by atoms with Gasteiger partial charge in [0, 0.05) is 0 Å². The number of hydrogen-bond acceptors (Lipinski definition) is 1. The Morgan fingerprint density at radius 3 is 2.22 bits per heavy atom. The molecule has 0 radical (unpaired) electrons. The highest BCUT2D eigenvalue weighted by molar-refractivity contribution is 5.06. The van der Waals surface area contributed by atoms with Crippen LogP contribution in [-0.2, 0) is 0 Å². The molecule has 0 saturated heterocycles. The first-order chi connectivity index (χ1) is 4.25. The molecule has 0 spiro atoms. The molecule has 0 aliphatic heterocycles. The molecule has 0 bridgehead atoms. The summed E-state index contributed by atoms with van der Waals surface area (Å²) in [6.07, 6.45) is 7.98. The van der Waals surface area contributed by atoms with Gasteiger partial charge in [0.25, 0.3) is 0 Å². The zero-order valence-electron chi connectivity index (χ0n) is 6.09. The summed E-state index contributed by atoms with van der Waals surface area (Å²) in [5, 5.41) is 0. The fourth-order valence-electron chi connectivity index (χ4n) is 1.12. The molecule has 0 N–H and O–H groups in total. The third kappa shape index (κ3) is 1.46. The van der Waals surface area contributed by atoms with Gasteiger partial charge in [-0.1, -0.05) is 5.92 Å². The maximum absolute atomic E-state index is 5.32. The van der Waals surface area contributed by atoms with E-state index >= 15 is 0 Å². The van der Waals surface area contributed by atoms with Gasteiger partial charge >= 0.3 is 0 Å². The van der Waals surface area contributed by atoms with Crippen LogP contribution in [0.4, 0.5) is 0 Å². The minimum atomic E-state index is 0.394. The molecule has 1 aliphatic rings. The Hall–Kier alpha value is -0.480. The van der Waals surface area contributed by atoms with Crippen molar-refractivity contribution >= 4 is 0 Å². The van der Waals surface area contributed by atoms with E-state index in [0.717, 1.165) is 5.92 Å². The molecule has 0 heterocycles. The lowest BCUT2D eigenvalue weighted by molar-refractivity contribution is 0.324. The predicted octanol–water partition coefficient (Wildman–Crippen LogP) is 0.960. The van der Waals surface area contributed by atoms with Gasteiger partial charge in [0.05, 0.1) is 6.04 Å². The van der Waals surface area contributed by atoms with E-state index in [1.165, 1.54) is 12.8 Å². The smallest absolute Gasteiger partial charge is 0.0735 e. The molecule has 9 heavy (non-hydrogen) atoms. The molecule has 1 atom stereocenters. The molecule has 0 aromatic carbocycles. The Morgan fingerprint density at radius 2 is 2.11 bits per heavy atom. The summed E-state index contributed by atoms with van der Waals surface area (Å²) in [5.74, 6) is 3.59. The highest BCUT2D eigenvalue weighted by atomic mass is 15.1. The van der Waals surface area contributed by atoms with Crippen LogP contribution in [0, 0.1) is 18.3 Å².